The van der Waals surface area contributed by atoms with Crippen molar-refractivity contribution in [2.75, 3.05) is 17.6 Å². The van der Waals surface area contributed by atoms with Crippen LogP contribution in [0.15, 0.2) is 58.3 Å². The average Bonchev–Trinajstić information content (AvgIpc) is 2.75. The molecule has 1 heterocycles. The third kappa shape index (κ3) is 5.23. The molecule has 2 aromatic rings. The summed E-state index contributed by atoms with van der Waals surface area (Å²) in [5.74, 6) is -0.578. The van der Waals surface area contributed by atoms with Gasteiger partial charge in [0.1, 0.15) is 0 Å². The van der Waals surface area contributed by atoms with E-state index in [-0.39, 0.29) is 34.1 Å². The van der Waals surface area contributed by atoms with Crippen LogP contribution in [-0.4, -0.2) is 42.7 Å². The molecule has 0 bridgehead atoms. The van der Waals surface area contributed by atoms with Gasteiger partial charge in [0.2, 0.25) is 11.8 Å². The van der Waals surface area contributed by atoms with E-state index in [0.717, 1.165) is 10.5 Å². The second-order valence-corrected chi connectivity index (χ2v) is 10.5. The molecule has 160 valence electrons. The number of carbonyl (C=O) groups excluding carboxylic acids is 2. The summed E-state index contributed by atoms with van der Waals surface area (Å²) in [5, 5.41) is 2.63. The van der Waals surface area contributed by atoms with E-state index >= 15 is 0 Å². The van der Waals surface area contributed by atoms with Crippen molar-refractivity contribution in [3.05, 3.63) is 54.1 Å². The molecule has 1 unspecified atom stereocenters. The molecule has 0 spiro atoms. The number of sulfone groups is 1. The Morgan fingerprint density at radius 1 is 1.13 bits per heavy atom. The molecule has 1 aliphatic rings. The lowest BCUT2D eigenvalue weighted by Crippen LogP contribution is -2.31. The van der Waals surface area contributed by atoms with Crippen molar-refractivity contribution in [1.29, 1.82) is 0 Å². The van der Waals surface area contributed by atoms with Crippen molar-refractivity contribution >= 4 is 39.1 Å². The average molecular weight is 447 g/mol. The highest BCUT2D eigenvalue weighted by atomic mass is 32.2. The summed E-state index contributed by atoms with van der Waals surface area (Å²) in [7, 11) is -3.65. The molecule has 0 saturated carbocycles. The minimum atomic E-state index is -3.65. The Kier molecular flexibility index (Phi) is 7.20. The second-order valence-electron chi connectivity index (χ2n) is 7.12. The first-order valence-corrected chi connectivity index (χ1v) is 12.5. The van der Waals surface area contributed by atoms with E-state index in [2.05, 4.69) is 5.32 Å². The number of hydrogen-bond donors (Lipinski definition) is 1. The fourth-order valence-electron chi connectivity index (χ4n) is 3.27. The molecule has 3 rings (SSSR count). The highest BCUT2D eigenvalue weighted by Gasteiger charge is 2.27. The molecule has 8 heteroatoms. The maximum atomic E-state index is 12.8. The van der Waals surface area contributed by atoms with Crippen LogP contribution in [0.25, 0.3) is 0 Å². The fourth-order valence-corrected chi connectivity index (χ4v) is 5.54. The Morgan fingerprint density at radius 2 is 1.87 bits per heavy atom. The van der Waals surface area contributed by atoms with Gasteiger partial charge >= 0.3 is 0 Å². The van der Waals surface area contributed by atoms with Gasteiger partial charge in [-0.15, -0.1) is 11.8 Å². The second kappa shape index (κ2) is 9.66. The van der Waals surface area contributed by atoms with E-state index in [1.807, 2.05) is 44.2 Å². The topological polar surface area (TPSA) is 83.6 Å². The lowest BCUT2D eigenvalue weighted by Gasteiger charge is -2.23. The molecule has 0 radical (unpaired) electrons. The molecule has 0 aliphatic carbocycles. The molecule has 1 N–H and O–H groups in total. The summed E-state index contributed by atoms with van der Waals surface area (Å²) in [5.41, 5.74) is 1.52. The van der Waals surface area contributed by atoms with Gasteiger partial charge in [0, 0.05) is 24.4 Å². The van der Waals surface area contributed by atoms with E-state index in [9.17, 15) is 18.0 Å². The quantitative estimate of drug-likeness (QED) is 0.668. The van der Waals surface area contributed by atoms with Gasteiger partial charge in [-0.2, -0.15) is 0 Å². The maximum Gasteiger partial charge on any atom is 0.237 e. The van der Waals surface area contributed by atoms with Gasteiger partial charge in [-0.25, -0.2) is 8.42 Å². The summed E-state index contributed by atoms with van der Waals surface area (Å²) in [6.07, 6.45) is 0.619. The predicted octanol–water partition coefficient (Wildman–Crippen LogP) is 3.72. The van der Waals surface area contributed by atoms with Crippen LogP contribution in [0.2, 0.25) is 0 Å². The number of carbonyl (C=O) groups is 2. The number of benzene rings is 2. The number of hydrogen-bond acceptors (Lipinski definition) is 5. The molecule has 0 aromatic heterocycles. The fraction of sp³-hybridized carbons (Fsp3) is 0.364. The number of fused-ring (bicyclic) bond motifs is 1. The van der Waals surface area contributed by atoms with E-state index in [1.165, 1.54) is 17.8 Å². The maximum absolute atomic E-state index is 12.8. The van der Waals surface area contributed by atoms with Crippen LogP contribution >= 0.6 is 11.8 Å². The Balaban J connectivity index is 1.67. The summed E-state index contributed by atoms with van der Waals surface area (Å²) in [6.45, 7) is 4.78. The third-order valence-electron chi connectivity index (χ3n) is 5.04. The summed E-state index contributed by atoms with van der Waals surface area (Å²) < 4.78 is 25.6. The van der Waals surface area contributed by atoms with Gasteiger partial charge in [-0.1, -0.05) is 37.3 Å². The van der Waals surface area contributed by atoms with Crippen molar-refractivity contribution in [2.24, 2.45) is 0 Å². The van der Waals surface area contributed by atoms with Crippen molar-refractivity contribution in [3.63, 3.8) is 0 Å². The van der Waals surface area contributed by atoms with Crippen molar-refractivity contribution in [2.45, 2.75) is 48.3 Å². The highest BCUT2D eigenvalue weighted by molar-refractivity contribution is 8.01. The van der Waals surface area contributed by atoms with E-state index in [1.54, 1.807) is 17.0 Å². The first kappa shape index (κ1) is 22.4. The van der Waals surface area contributed by atoms with Gasteiger partial charge in [0.25, 0.3) is 0 Å². The first-order chi connectivity index (χ1) is 14.3. The lowest BCUT2D eigenvalue weighted by atomic mass is 10.2. The Labute approximate surface area is 182 Å². The van der Waals surface area contributed by atoms with Gasteiger partial charge in [-0.05, 0) is 37.1 Å². The van der Waals surface area contributed by atoms with Gasteiger partial charge in [0.15, 0.2) is 9.84 Å². The Morgan fingerprint density at radius 3 is 2.53 bits per heavy atom. The lowest BCUT2D eigenvalue weighted by molar-refractivity contribution is -0.131. The molecule has 0 fully saturated rings. The normalized spacial score (nSPS) is 15.9. The zero-order chi connectivity index (χ0) is 21.7. The standard InChI is InChI=1S/C22H26N2O4S2/c1-3-19-22(26)23-18-14-17(10-11-20(18)29-19)30(27,28)13-12-21(25)24(4-2)15-16-8-6-5-7-9-16/h5-11,14,19H,3-4,12-13,15H2,1-2H3,(H,23,26). The molecule has 1 atom stereocenters. The zero-order valence-electron chi connectivity index (χ0n) is 17.1. The minimum absolute atomic E-state index is 0.0842. The third-order valence-corrected chi connectivity index (χ3v) is 8.19. The van der Waals surface area contributed by atoms with E-state index in [4.69, 9.17) is 0 Å². The van der Waals surface area contributed by atoms with E-state index < -0.39 is 9.84 Å². The number of anilines is 1. The number of amides is 2. The number of nitrogens with one attached hydrogen (secondary N) is 1. The molecular weight excluding hydrogens is 420 g/mol. The van der Waals surface area contributed by atoms with Crippen molar-refractivity contribution in [3.8, 4) is 0 Å². The Bertz CT molecular complexity index is 1020. The number of rotatable bonds is 8. The van der Waals surface area contributed by atoms with Crippen LogP contribution in [0, 0.1) is 0 Å². The van der Waals surface area contributed by atoms with Gasteiger partial charge < -0.3 is 10.2 Å². The molecule has 6 nitrogen and oxygen atoms in total. The van der Waals surface area contributed by atoms with Crippen molar-refractivity contribution < 1.29 is 18.0 Å². The summed E-state index contributed by atoms with van der Waals surface area (Å²) in [4.78, 5) is 27.3. The Hall–Kier alpha value is -2.32. The predicted molar refractivity (Wildman–Crippen MR) is 119 cm³/mol. The van der Waals surface area contributed by atoms with Crippen LogP contribution in [0.5, 0.6) is 0 Å². The van der Waals surface area contributed by atoms with Gasteiger partial charge in [-0.3, -0.25) is 9.59 Å². The summed E-state index contributed by atoms with van der Waals surface area (Å²) in [6, 6.07) is 14.4. The minimum Gasteiger partial charge on any atom is -0.339 e. The molecule has 1 aliphatic heterocycles. The van der Waals surface area contributed by atoms with Crippen LogP contribution in [0.4, 0.5) is 5.69 Å². The van der Waals surface area contributed by atoms with Crippen LogP contribution < -0.4 is 5.32 Å². The highest BCUT2D eigenvalue weighted by Crippen LogP contribution is 2.38. The number of nitrogens with zero attached hydrogens (tertiary/aromatic N) is 1. The molecule has 30 heavy (non-hydrogen) atoms. The molecule has 2 amide bonds. The molecule has 2 aromatic carbocycles. The smallest absolute Gasteiger partial charge is 0.237 e. The molecular formula is C22H26N2O4S2. The summed E-state index contributed by atoms with van der Waals surface area (Å²) >= 11 is 1.44. The monoisotopic (exact) mass is 446 g/mol. The number of thioether (sulfide) groups is 1. The van der Waals surface area contributed by atoms with Crippen LogP contribution in [0.3, 0.4) is 0 Å². The largest absolute Gasteiger partial charge is 0.339 e. The van der Waals surface area contributed by atoms with E-state index in [0.29, 0.717) is 25.2 Å². The first-order valence-electron chi connectivity index (χ1n) is 10.00. The zero-order valence-corrected chi connectivity index (χ0v) is 18.8. The van der Waals surface area contributed by atoms with Crippen molar-refractivity contribution in [1.82, 2.24) is 4.90 Å². The van der Waals surface area contributed by atoms with Gasteiger partial charge in [0.05, 0.1) is 21.6 Å². The molecule has 0 saturated heterocycles. The van der Waals surface area contributed by atoms with Crippen LogP contribution in [0.1, 0.15) is 32.3 Å². The SMILES string of the molecule is CCC1Sc2ccc(S(=O)(=O)CCC(=O)N(CC)Cc3ccccc3)cc2NC1=O. The van der Waals surface area contributed by atoms with Crippen LogP contribution in [-0.2, 0) is 26.0 Å².